The van der Waals surface area contributed by atoms with E-state index in [1.165, 1.54) is 0 Å². The van der Waals surface area contributed by atoms with Gasteiger partial charge in [0.05, 0.1) is 18.4 Å². The van der Waals surface area contributed by atoms with Crippen LogP contribution in [0.3, 0.4) is 0 Å². The molecule has 0 spiro atoms. The lowest BCUT2D eigenvalue weighted by Gasteiger charge is -2.40. The molecule has 2 atom stereocenters. The first-order valence-corrected chi connectivity index (χ1v) is 9.57. The summed E-state index contributed by atoms with van der Waals surface area (Å²) in [5.74, 6) is 2.00. The first kappa shape index (κ1) is 17.1. The third-order valence-corrected chi connectivity index (χ3v) is 5.88. The van der Waals surface area contributed by atoms with E-state index in [1.54, 1.807) is 19.5 Å². The molecule has 7 heteroatoms. The van der Waals surface area contributed by atoms with Crippen LogP contribution in [0.5, 0.6) is 5.88 Å². The first-order chi connectivity index (χ1) is 12.7. The van der Waals surface area contributed by atoms with Crippen LogP contribution < -0.4 is 14.5 Å². The van der Waals surface area contributed by atoms with Crippen molar-refractivity contribution in [3.05, 3.63) is 40.6 Å². The van der Waals surface area contributed by atoms with E-state index in [1.807, 2.05) is 12.1 Å². The number of methoxy groups -OCH3 is 1. The summed E-state index contributed by atoms with van der Waals surface area (Å²) in [4.78, 5) is 13.4. The predicted molar refractivity (Wildman–Crippen MR) is 104 cm³/mol. The van der Waals surface area contributed by atoms with Crippen LogP contribution in [0.25, 0.3) is 0 Å². The number of aromatic nitrogens is 2. The van der Waals surface area contributed by atoms with Crippen molar-refractivity contribution in [2.75, 3.05) is 36.5 Å². The summed E-state index contributed by atoms with van der Waals surface area (Å²) < 4.78 is 6.39. The summed E-state index contributed by atoms with van der Waals surface area (Å²) >= 11 is 3.55. The molecular weight excluding hydrogens is 394 g/mol. The SMILES string of the molecule is COc1nccnc1N1CCC2CCN(c3cc(Br)ccc3C#N)C2C1. The van der Waals surface area contributed by atoms with Gasteiger partial charge in [-0.25, -0.2) is 9.97 Å². The molecular formula is C19H20BrN5O. The van der Waals surface area contributed by atoms with Crippen LogP contribution in [0.15, 0.2) is 35.1 Å². The number of hydrogen-bond acceptors (Lipinski definition) is 6. The van der Waals surface area contributed by atoms with E-state index in [0.717, 1.165) is 54.0 Å². The van der Waals surface area contributed by atoms with Crippen molar-refractivity contribution in [2.24, 2.45) is 5.92 Å². The second-order valence-electron chi connectivity index (χ2n) is 6.71. The molecule has 2 aliphatic rings. The molecule has 2 unspecified atom stereocenters. The van der Waals surface area contributed by atoms with Gasteiger partial charge in [0.15, 0.2) is 5.82 Å². The lowest BCUT2D eigenvalue weighted by molar-refractivity contribution is 0.372. The Bertz CT molecular complexity index is 852. The van der Waals surface area contributed by atoms with Gasteiger partial charge in [-0.05, 0) is 37.0 Å². The Morgan fingerprint density at radius 1 is 1.23 bits per heavy atom. The molecule has 0 saturated carbocycles. The van der Waals surface area contributed by atoms with Crippen LogP contribution in [0.4, 0.5) is 11.5 Å². The monoisotopic (exact) mass is 413 g/mol. The van der Waals surface area contributed by atoms with Crippen molar-refractivity contribution in [1.82, 2.24) is 9.97 Å². The molecule has 26 heavy (non-hydrogen) atoms. The summed E-state index contributed by atoms with van der Waals surface area (Å²) in [5.41, 5.74) is 1.74. The van der Waals surface area contributed by atoms with E-state index >= 15 is 0 Å². The van der Waals surface area contributed by atoms with Crippen LogP contribution >= 0.6 is 15.9 Å². The van der Waals surface area contributed by atoms with Crippen molar-refractivity contribution in [1.29, 1.82) is 5.26 Å². The third kappa shape index (κ3) is 2.99. The Hall–Kier alpha value is -2.33. The van der Waals surface area contributed by atoms with Crippen molar-refractivity contribution < 1.29 is 4.74 Å². The molecule has 2 fully saturated rings. The van der Waals surface area contributed by atoms with Crippen molar-refractivity contribution >= 4 is 27.4 Å². The maximum atomic E-state index is 9.53. The van der Waals surface area contributed by atoms with Crippen LogP contribution in [-0.4, -0.2) is 42.8 Å². The average molecular weight is 414 g/mol. The van der Waals surface area contributed by atoms with Gasteiger partial charge in [-0.3, -0.25) is 0 Å². The Kier molecular flexibility index (Phi) is 4.68. The molecule has 134 valence electrons. The highest BCUT2D eigenvalue weighted by Crippen LogP contribution is 2.39. The summed E-state index contributed by atoms with van der Waals surface area (Å²) in [6.07, 6.45) is 5.63. The molecule has 2 aromatic rings. The maximum absolute atomic E-state index is 9.53. The summed E-state index contributed by atoms with van der Waals surface area (Å²) in [6.45, 7) is 2.79. The van der Waals surface area contributed by atoms with Gasteiger partial charge in [0, 0.05) is 42.5 Å². The number of ether oxygens (including phenoxy) is 1. The van der Waals surface area contributed by atoms with Gasteiger partial charge < -0.3 is 14.5 Å². The molecule has 0 aliphatic carbocycles. The molecule has 1 aromatic heterocycles. The van der Waals surface area contributed by atoms with Crippen molar-refractivity contribution in [2.45, 2.75) is 18.9 Å². The molecule has 3 heterocycles. The quantitative estimate of drug-likeness (QED) is 0.769. The zero-order valence-corrected chi connectivity index (χ0v) is 16.2. The molecule has 6 nitrogen and oxygen atoms in total. The van der Waals surface area contributed by atoms with E-state index in [9.17, 15) is 5.26 Å². The zero-order chi connectivity index (χ0) is 18.1. The topological polar surface area (TPSA) is 65.3 Å². The highest BCUT2D eigenvalue weighted by atomic mass is 79.9. The fourth-order valence-corrected chi connectivity index (χ4v) is 4.50. The van der Waals surface area contributed by atoms with E-state index in [2.05, 4.69) is 47.8 Å². The van der Waals surface area contributed by atoms with Crippen molar-refractivity contribution in [3.8, 4) is 11.9 Å². The zero-order valence-electron chi connectivity index (χ0n) is 14.6. The number of nitriles is 1. The average Bonchev–Trinajstić information content (AvgIpc) is 3.11. The third-order valence-electron chi connectivity index (χ3n) is 5.39. The minimum Gasteiger partial charge on any atom is -0.478 e. The van der Waals surface area contributed by atoms with Crippen LogP contribution in [0, 0.1) is 17.2 Å². The Labute approximate surface area is 161 Å². The molecule has 2 aliphatic heterocycles. The van der Waals surface area contributed by atoms with Gasteiger partial charge in [0.2, 0.25) is 0 Å². The second kappa shape index (κ2) is 7.12. The molecule has 0 amide bonds. The predicted octanol–water partition coefficient (Wildman–Crippen LogP) is 3.22. The first-order valence-electron chi connectivity index (χ1n) is 8.77. The molecule has 0 N–H and O–H groups in total. The number of hydrogen-bond donors (Lipinski definition) is 0. The fourth-order valence-electron chi connectivity index (χ4n) is 4.15. The number of nitrogens with zero attached hydrogens (tertiary/aromatic N) is 5. The van der Waals surface area contributed by atoms with Gasteiger partial charge in [-0.2, -0.15) is 5.26 Å². The normalized spacial score (nSPS) is 22.0. The van der Waals surface area contributed by atoms with E-state index in [4.69, 9.17) is 4.74 Å². The summed E-state index contributed by atoms with van der Waals surface area (Å²) in [6, 6.07) is 8.57. The van der Waals surface area contributed by atoms with Gasteiger partial charge in [-0.15, -0.1) is 0 Å². The molecule has 0 radical (unpaired) electrons. The second-order valence-corrected chi connectivity index (χ2v) is 7.62. The van der Waals surface area contributed by atoms with E-state index < -0.39 is 0 Å². The number of anilines is 2. The molecule has 2 saturated heterocycles. The number of piperidine rings is 1. The van der Waals surface area contributed by atoms with Gasteiger partial charge >= 0.3 is 0 Å². The smallest absolute Gasteiger partial charge is 0.257 e. The number of fused-ring (bicyclic) bond motifs is 1. The minimum absolute atomic E-state index is 0.358. The van der Waals surface area contributed by atoms with Gasteiger partial charge in [0.25, 0.3) is 5.88 Å². The minimum atomic E-state index is 0.358. The van der Waals surface area contributed by atoms with Crippen molar-refractivity contribution in [3.63, 3.8) is 0 Å². The molecule has 1 aromatic carbocycles. The van der Waals surface area contributed by atoms with E-state index in [0.29, 0.717) is 17.8 Å². The van der Waals surface area contributed by atoms with Gasteiger partial charge in [-0.1, -0.05) is 15.9 Å². The van der Waals surface area contributed by atoms with E-state index in [-0.39, 0.29) is 0 Å². The number of halogens is 1. The lowest BCUT2D eigenvalue weighted by atomic mass is 9.92. The molecule has 4 rings (SSSR count). The lowest BCUT2D eigenvalue weighted by Crippen LogP contribution is -2.49. The van der Waals surface area contributed by atoms with Crippen LogP contribution in [-0.2, 0) is 0 Å². The maximum Gasteiger partial charge on any atom is 0.257 e. The number of benzene rings is 1. The van der Waals surface area contributed by atoms with Gasteiger partial charge in [0.1, 0.15) is 6.07 Å². The Morgan fingerprint density at radius 2 is 2.04 bits per heavy atom. The summed E-state index contributed by atoms with van der Waals surface area (Å²) in [7, 11) is 1.63. The highest BCUT2D eigenvalue weighted by molar-refractivity contribution is 9.10. The number of rotatable bonds is 3. The molecule has 0 bridgehead atoms. The largest absolute Gasteiger partial charge is 0.478 e. The van der Waals surface area contributed by atoms with Crippen LogP contribution in [0.1, 0.15) is 18.4 Å². The highest BCUT2D eigenvalue weighted by Gasteiger charge is 2.40. The summed E-state index contributed by atoms with van der Waals surface area (Å²) in [5, 5.41) is 9.53. The standard InChI is InChI=1S/C19H20BrN5O/c1-26-19-18(22-6-7-23-19)24-8-4-13-5-9-25(17(13)12-24)16-10-15(20)3-2-14(16)11-21/h2-3,6-7,10,13,17H,4-5,8-9,12H2,1H3. The fraction of sp³-hybridized carbons (Fsp3) is 0.421. The Morgan fingerprint density at radius 3 is 2.85 bits per heavy atom. The van der Waals surface area contributed by atoms with Crippen LogP contribution in [0.2, 0.25) is 0 Å². The Balaban J connectivity index is 1.64.